The summed E-state index contributed by atoms with van der Waals surface area (Å²) in [5.41, 5.74) is 2.44. The lowest BCUT2D eigenvalue weighted by atomic mass is 10.0. The number of nitrogens with one attached hydrogen (secondary N) is 2. The molecule has 3 aromatic rings. The molecule has 2 heterocycles. The number of aromatic nitrogens is 3. The second kappa shape index (κ2) is 8.04. The molecule has 148 valence electrons. The normalized spacial score (nSPS) is 15.4. The Balaban J connectivity index is 1.50. The van der Waals surface area contributed by atoms with Crippen LogP contribution in [-0.4, -0.2) is 33.2 Å². The smallest absolute Gasteiger partial charge is 0.262 e. The molecule has 2 amide bonds. The molecule has 0 radical (unpaired) electrons. The minimum atomic E-state index is -0.353. The highest BCUT2D eigenvalue weighted by molar-refractivity contribution is 9.10. The quantitative estimate of drug-likeness (QED) is 0.614. The summed E-state index contributed by atoms with van der Waals surface area (Å²) in [7, 11) is 0. The number of carbonyl (C=O) groups excluding carboxylic acids is 2. The van der Waals surface area contributed by atoms with E-state index in [2.05, 4.69) is 36.6 Å². The van der Waals surface area contributed by atoms with Crippen molar-refractivity contribution in [1.29, 1.82) is 0 Å². The number of rotatable bonds is 5. The van der Waals surface area contributed by atoms with E-state index in [0.717, 1.165) is 21.3 Å². The fourth-order valence-electron chi connectivity index (χ4n) is 3.23. The largest absolute Gasteiger partial charge is 0.483 e. The molecule has 0 saturated carbocycles. The number of fused-ring (bicyclic) bond motifs is 1. The number of amides is 2. The average molecular weight is 456 g/mol. The maximum atomic E-state index is 12.4. The number of benzene rings is 2. The van der Waals surface area contributed by atoms with Crippen LogP contribution >= 0.6 is 15.9 Å². The molecule has 4 rings (SSSR count). The van der Waals surface area contributed by atoms with Gasteiger partial charge in [-0.25, -0.2) is 4.68 Å². The van der Waals surface area contributed by atoms with Crippen LogP contribution in [0.5, 0.6) is 5.75 Å². The molecule has 0 unspecified atom stereocenters. The van der Waals surface area contributed by atoms with E-state index in [1.807, 2.05) is 43.3 Å². The van der Waals surface area contributed by atoms with Gasteiger partial charge in [0, 0.05) is 15.7 Å². The number of aryl methyl sites for hydroxylation is 1. The zero-order chi connectivity index (χ0) is 20.4. The molecule has 0 saturated heterocycles. The van der Waals surface area contributed by atoms with Crippen molar-refractivity contribution in [2.24, 2.45) is 0 Å². The van der Waals surface area contributed by atoms with Gasteiger partial charge in [0.15, 0.2) is 6.61 Å². The topological polar surface area (TPSA) is 98.1 Å². The molecular weight excluding hydrogens is 438 g/mol. The highest BCUT2D eigenvalue weighted by atomic mass is 79.9. The summed E-state index contributed by atoms with van der Waals surface area (Å²) in [4.78, 5) is 28.5. The second-order valence-corrected chi connectivity index (χ2v) is 7.55. The monoisotopic (exact) mass is 455 g/mol. The van der Waals surface area contributed by atoms with Crippen LogP contribution in [0.1, 0.15) is 23.6 Å². The van der Waals surface area contributed by atoms with Crippen LogP contribution in [0.4, 0.5) is 11.6 Å². The van der Waals surface area contributed by atoms with Crippen molar-refractivity contribution in [2.45, 2.75) is 19.4 Å². The number of para-hydroxylation sites is 1. The van der Waals surface area contributed by atoms with Gasteiger partial charge in [-0.3, -0.25) is 14.9 Å². The van der Waals surface area contributed by atoms with E-state index in [1.165, 1.54) is 6.33 Å². The first-order valence-electron chi connectivity index (χ1n) is 8.98. The van der Waals surface area contributed by atoms with Crippen molar-refractivity contribution >= 4 is 39.4 Å². The number of halogens is 1. The van der Waals surface area contributed by atoms with E-state index in [0.29, 0.717) is 11.7 Å². The highest BCUT2D eigenvalue weighted by Gasteiger charge is 2.29. The number of nitrogens with zero attached hydrogens (tertiary/aromatic N) is 3. The van der Waals surface area contributed by atoms with Crippen LogP contribution in [0.15, 0.2) is 53.3 Å². The van der Waals surface area contributed by atoms with Crippen LogP contribution < -0.4 is 15.4 Å². The maximum absolute atomic E-state index is 12.4. The van der Waals surface area contributed by atoms with Gasteiger partial charge < -0.3 is 10.1 Å². The third kappa shape index (κ3) is 4.14. The first-order chi connectivity index (χ1) is 14.0. The fourth-order valence-corrected chi connectivity index (χ4v) is 3.71. The average Bonchev–Trinajstić information content (AvgIpc) is 3.16. The van der Waals surface area contributed by atoms with Gasteiger partial charge in [0.2, 0.25) is 11.9 Å². The third-order valence-electron chi connectivity index (χ3n) is 4.60. The Labute approximate surface area is 175 Å². The minimum absolute atomic E-state index is 0.145. The predicted molar refractivity (Wildman–Crippen MR) is 111 cm³/mol. The van der Waals surface area contributed by atoms with Crippen LogP contribution in [0, 0.1) is 6.92 Å². The van der Waals surface area contributed by atoms with E-state index < -0.39 is 0 Å². The highest BCUT2D eigenvalue weighted by Crippen LogP contribution is 2.34. The molecule has 8 nitrogen and oxygen atoms in total. The molecule has 0 bridgehead atoms. The van der Waals surface area contributed by atoms with E-state index in [-0.39, 0.29) is 30.9 Å². The van der Waals surface area contributed by atoms with Gasteiger partial charge in [-0.15, -0.1) is 0 Å². The number of ether oxygens (including phenoxy) is 1. The van der Waals surface area contributed by atoms with E-state index in [9.17, 15) is 9.59 Å². The molecule has 1 aromatic heterocycles. The van der Waals surface area contributed by atoms with Crippen molar-refractivity contribution in [1.82, 2.24) is 14.8 Å². The van der Waals surface area contributed by atoms with E-state index in [4.69, 9.17) is 4.74 Å². The van der Waals surface area contributed by atoms with Gasteiger partial charge in [0.25, 0.3) is 5.91 Å². The van der Waals surface area contributed by atoms with Crippen molar-refractivity contribution in [3.05, 3.63) is 64.4 Å². The molecule has 0 spiro atoms. The van der Waals surface area contributed by atoms with Gasteiger partial charge in [0.1, 0.15) is 12.1 Å². The van der Waals surface area contributed by atoms with Crippen LogP contribution in [-0.2, 0) is 9.59 Å². The SMILES string of the molecule is Cc1cc(Br)ccc1NC(=O)COc1ccccc1[C@@H]1CC(=O)Nc2ncnn21. The summed E-state index contributed by atoms with van der Waals surface area (Å²) >= 11 is 3.41. The lowest BCUT2D eigenvalue weighted by Gasteiger charge is -2.25. The summed E-state index contributed by atoms with van der Waals surface area (Å²) in [5, 5.41) is 9.75. The molecule has 1 aliphatic heterocycles. The third-order valence-corrected chi connectivity index (χ3v) is 5.09. The molecular formula is C20H18BrN5O3. The van der Waals surface area contributed by atoms with Gasteiger partial charge >= 0.3 is 0 Å². The molecule has 2 N–H and O–H groups in total. The second-order valence-electron chi connectivity index (χ2n) is 6.63. The Hall–Kier alpha value is -3.20. The van der Waals surface area contributed by atoms with Crippen molar-refractivity contribution in [3.63, 3.8) is 0 Å². The van der Waals surface area contributed by atoms with Crippen molar-refractivity contribution in [2.75, 3.05) is 17.2 Å². The first-order valence-corrected chi connectivity index (χ1v) is 9.77. The van der Waals surface area contributed by atoms with Crippen LogP contribution in [0.2, 0.25) is 0 Å². The minimum Gasteiger partial charge on any atom is -0.483 e. The first kappa shape index (κ1) is 19.1. The Kier molecular flexibility index (Phi) is 5.30. The number of hydrogen-bond acceptors (Lipinski definition) is 5. The molecule has 1 aliphatic rings. The number of carbonyl (C=O) groups is 2. The Bertz CT molecular complexity index is 1080. The summed E-state index contributed by atoms with van der Waals surface area (Å²) in [6.45, 7) is 1.76. The van der Waals surface area contributed by atoms with Gasteiger partial charge in [-0.05, 0) is 36.8 Å². The molecule has 0 fully saturated rings. The molecule has 0 aliphatic carbocycles. The standard InChI is InChI=1S/C20H18BrN5O3/c1-12-8-13(21)6-7-15(12)24-19(28)10-29-17-5-3-2-4-14(17)16-9-18(27)25-20-22-11-23-26(16)20/h2-8,11,16H,9-10H2,1H3,(H,24,28)(H,22,23,25,27)/t16-/m0/s1. The molecule has 29 heavy (non-hydrogen) atoms. The molecule has 1 atom stereocenters. The summed E-state index contributed by atoms with van der Waals surface area (Å²) in [6.07, 6.45) is 1.60. The van der Waals surface area contributed by atoms with Crippen molar-refractivity contribution in [3.8, 4) is 5.75 Å². The predicted octanol–water partition coefficient (Wildman–Crippen LogP) is 3.30. The summed E-state index contributed by atoms with van der Waals surface area (Å²) < 4.78 is 8.39. The zero-order valence-electron chi connectivity index (χ0n) is 15.6. The van der Waals surface area contributed by atoms with Gasteiger partial charge in [-0.2, -0.15) is 10.1 Å². The Morgan fingerprint density at radius 3 is 3.00 bits per heavy atom. The number of anilines is 2. The van der Waals surface area contributed by atoms with Crippen LogP contribution in [0.25, 0.3) is 0 Å². The maximum Gasteiger partial charge on any atom is 0.262 e. The zero-order valence-corrected chi connectivity index (χ0v) is 17.1. The Morgan fingerprint density at radius 2 is 2.17 bits per heavy atom. The molecule has 2 aromatic carbocycles. The Morgan fingerprint density at radius 1 is 1.34 bits per heavy atom. The fraction of sp³-hybridized carbons (Fsp3) is 0.200. The lowest BCUT2D eigenvalue weighted by Crippen LogP contribution is -2.29. The summed E-state index contributed by atoms with van der Waals surface area (Å²) in [6, 6.07) is 12.6. The summed E-state index contributed by atoms with van der Waals surface area (Å²) in [5.74, 6) is 0.502. The van der Waals surface area contributed by atoms with E-state index >= 15 is 0 Å². The van der Waals surface area contributed by atoms with Gasteiger partial charge in [-0.1, -0.05) is 34.1 Å². The number of hydrogen-bond donors (Lipinski definition) is 2. The van der Waals surface area contributed by atoms with Crippen molar-refractivity contribution < 1.29 is 14.3 Å². The molecule has 9 heteroatoms. The lowest BCUT2D eigenvalue weighted by molar-refractivity contribution is -0.118. The van der Waals surface area contributed by atoms with Gasteiger partial charge in [0.05, 0.1) is 12.5 Å². The van der Waals surface area contributed by atoms with E-state index in [1.54, 1.807) is 10.7 Å². The van der Waals surface area contributed by atoms with Crippen LogP contribution in [0.3, 0.4) is 0 Å².